The van der Waals surface area contributed by atoms with Gasteiger partial charge in [0.05, 0.1) is 11.9 Å². The lowest BCUT2D eigenvalue weighted by Gasteiger charge is -2.30. The molecule has 4 rings (SSSR count). The number of nitrogens with one attached hydrogen (secondary N) is 2. The zero-order valence-electron chi connectivity index (χ0n) is 19.6. The first-order valence-electron chi connectivity index (χ1n) is 11.5. The first-order valence-corrected chi connectivity index (χ1v) is 11.5. The molecule has 1 aromatic heterocycles. The molecule has 1 aliphatic carbocycles. The highest BCUT2D eigenvalue weighted by molar-refractivity contribution is 5.90. The predicted molar refractivity (Wildman–Crippen MR) is 129 cm³/mol. The summed E-state index contributed by atoms with van der Waals surface area (Å²) in [4.78, 5) is 23.8. The smallest absolute Gasteiger partial charge is 0.405 e. The van der Waals surface area contributed by atoms with Gasteiger partial charge in [-0.05, 0) is 43.9 Å². The summed E-state index contributed by atoms with van der Waals surface area (Å²) in [6.07, 6.45) is -1.86. The van der Waals surface area contributed by atoms with Crippen molar-refractivity contribution in [2.75, 3.05) is 24.3 Å². The van der Waals surface area contributed by atoms with Gasteiger partial charge in [-0.1, -0.05) is 30.3 Å². The second-order valence-electron chi connectivity index (χ2n) is 8.88. The van der Waals surface area contributed by atoms with E-state index in [0.717, 1.165) is 42.4 Å². The van der Waals surface area contributed by atoms with Crippen molar-refractivity contribution in [2.45, 2.75) is 50.6 Å². The Bertz CT molecular complexity index is 1180. The van der Waals surface area contributed by atoms with Gasteiger partial charge in [-0.3, -0.25) is 4.79 Å². The number of fused-ring (bicyclic) bond motifs is 1. The molecule has 3 aromatic rings. The zero-order valence-corrected chi connectivity index (χ0v) is 19.6. The molecule has 7 nitrogen and oxygen atoms in total. The van der Waals surface area contributed by atoms with Crippen LogP contribution in [0.3, 0.4) is 0 Å². The van der Waals surface area contributed by atoms with Crippen LogP contribution >= 0.6 is 0 Å². The van der Waals surface area contributed by atoms with Crippen LogP contribution in [0.5, 0.6) is 5.75 Å². The van der Waals surface area contributed by atoms with Crippen molar-refractivity contribution < 1.29 is 22.7 Å². The topological polar surface area (TPSA) is 79.4 Å². The number of nitrogens with zero attached hydrogens (tertiary/aromatic N) is 3. The van der Waals surface area contributed by atoms with Crippen LogP contribution in [0.15, 0.2) is 48.5 Å². The molecule has 35 heavy (non-hydrogen) atoms. The van der Waals surface area contributed by atoms with Crippen molar-refractivity contribution in [1.82, 2.24) is 15.3 Å². The SMILES string of the molecule is CN(C)c1nc(NC2CCC(NC(=O)Cc3ccccc3OC(F)(F)F)CC2)nc2ccccc12. The number of para-hydroxylation sites is 2. The van der Waals surface area contributed by atoms with Gasteiger partial charge >= 0.3 is 6.36 Å². The van der Waals surface area contributed by atoms with Crippen LogP contribution in [0.25, 0.3) is 10.9 Å². The lowest BCUT2D eigenvalue weighted by atomic mass is 9.91. The monoisotopic (exact) mass is 487 g/mol. The summed E-state index contributed by atoms with van der Waals surface area (Å²) in [5.74, 6) is 0.735. The summed E-state index contributed by atoms with van der Waals surface area (Å²) in [5.41, 5.74) is 1.06. The van der Waals surface area contributed by atoms with Crippen molar-refractivity contribution in [1.29, 1.82) is 0 Å². The van der Waals surface area contributed by atoms with Gasteiger partial charge < -0.3 is 20.3 Å². The number of ether oxygens (including phenoxy) is 1. The number of aromatic nitrogens is 2. The number of benzene rings is 2. The lowest BCUT2D eigenvalue weighted by Crippen LogP contribution is -2.41. The highest BCUT2D eigenvalue weighted by atomic mass is 19.4. The van der Waals surface area contributed by atoms with E-state index in [1.165, 1.54) is 18.2 Å². The Morgan fingerprint density at radius 1 is 1.00 bits per heavy atom. The highest BCUT2D eigenvalue weighted by Crippen LogP contribution is 2.28. The molecule has 1 saturated carbocycles. The molecule has 0 saturated heterocycles. The average Bonchev–Trinajstić information content (AvgIpc) is 2.80. The molecular formula is C25H28F3N5O2. The largest absolute Gasteiger partial charge is 0.573 e. The minimum Gasteiger partial charge on any atom is -0.405 e. The molecule has 10 heteroatoms. The summed E-state index contributed by atoms with van der Waals surface area (Å²) in [5, 5.41) is 7.36. The number of halogens is 3. The molecule has 2 aromatic carbocycles. The molecule has 0 spiro atoms. The summed E-state index contributed by atoms with van der Waals surface area (Å²) >= 11 is 0. The summed E-state index contributed by atoms with van der Waals surface area (Å²) in [7, 11) is 3.89. The number of carbonyl (C=O) groups excluding carboxylic acids is 1. The van der Waals surface area contributed by atoms with Crippen molar-refractivity contribution >= 4 is 28.6 Å². The molecule has 0 radical (unpaired) electrons. The third kappa shape index (κ3) is 6.52. The molecule has 1 amide bonds. The Morgan fingerprint density at radius 3 is 2.37 bits per heavy atom. The van der Waals surface area contributed by atoms with Gasteiger partial charge in [0.15, 0.2) is 0 Å². The zero-order chi connectivity index (χ0) is 25.0. The van der Waals surface area contributed by atoms with E-state index in [4.69, 9.17) is 0 Å². The van der Waals surface area contributed by atoms with E-state index in [1.807, 2.05) is 43.3 Å². The molecule has 0 bridgehead atoms. The summed E-state index contributed by atoms with van der Waals surface area (Å²) in [6.45, 7) is 0. The van der Waals surface area contributed by atoms with Crippen molar-refractivity contribution in [2.24, 2.45) is 0 Å². The number of rotatable bonds is 7. The highest BCUT2D eigenvalue weighted by Gasteiger charge is 2.32. The van der Waals surface area contributed by atoms with Gasteiger partial charge in [-0.15, -0.1) is 13.2 Å². The van der Waals surface area contributed by atoms with Gasteiger partial charge in [0.2, 0.25) is 11.9 Å². The Hall–Kier alpha value is -3.56. The summed E-state index contributed by atoms with van der Waals surface area (Å²) < 4.78 is 41.9. The van der Waals surface area contributed by atoms with Gasteiger partial charge in [-0.2, -0.15) is 4.98 Å². The predicted octanol–water partition coefficient (Wildman–Crippen LogP) is 4.68. The molecule has 1 heterocycles. The maximum absolute atomic E-state index is 12.6. The van der Waals surface area contributed by atoms with E-state index in [-0.39, 0.29) is 35.7 Å². The normalized spacial score (nSPS) is 18.2. The second kappa shape index (κ2) is 10.4. The van der Waals surface area contributed by atoms with Gasteiger partial charge in [0.25, 0.3) is 0 Å². The molecule has 1 aliphatic rings. The van der Waals surface area contributed by atoms with E-state index in [0.29, 0.717) is 5.95 Å². The van der Waals surface area contributed by atoms with Gasteiger partial charge in [0.1, 0.15) is 11.6 Å². The molecule has 2 N–H and O–H groups in total. The molecule has 0 unspecified atom stereocenters. The van der Waals surface area contributed by atoms with Crippen molar-refractivity contribution in [3.05, 3.63) is 54.1 Å². The first-order chi connectivity index (χ1) is 16.7. The van der Waals surface area contributed by atoms with Crippen LogP contribution < -0.4 is 20.3 Å². The number of hydrogen-bond acceptors (Lipinski definition) is 6. The Balaban J connectivity index is 1.32. The molecule has 186 valence electrons. The van der Waals surface area contributed by atoms with Crippen LogP contribution in [0.4, 0.5) is 24.9 Å². The van der Waals surface area contributed by atoms with Crippen molar-refractivity contribution in [3.63, 3.8) is 0 Å². The van der Waals surface area contributed by atoms with Gasteiger partial charge in [-0.25, -0.2) is 4.98 Å². The minimum absolute atomic E-state index is 0.0360. The van der Waals surface area contributed by atoms with E-state index >= 15 is 0 Å². The Morgan fingerprint density at radius 2 is 1.66 bits per heavy atom. The first kappa shape index (κ1) is 24.6. The van der Waals surface area contributed by atoms with E-state index in [2.05, 4.69) is 25.3 Å². The van der Waals surface area contributed by atoms with Crippen LogP contribution in [0.2, 0.25) is 0 Å². The number of carbonyl (C=O) groups is 1. The van der Waals surface area contributed by atoms with Crippen LogP contribution in [-0.4, -0.2) is 48.4 Å². The minimum atomic E-state index is -4.81. The maximum Gasteiger partial charge on any atom is 0.573 e. The van der Waals surface area contributed by atoms with Crippen molar-refractivity contribution in [3.8, 4) is 5.75 Å². The third-order valence-electron chi connectivity index (χ3n) is 5.98. The fourth-order valence-corrected chi connectivity index (χ4v) is 4.36. The quantitative estimate of drug-likeness (QED) is 0.504. The standard InChI is InChI=1S/C25H28F3N5O2/c1-33(2)23-19-8-4-5-9-20(19)31-24(32-23)30-18-13-11-17(12-14-18)29-22(34)15-16-7-3-6-10-21(16)35-25(26,27)28/h3-10,17-18H,11-15H2,1-2H3,(H,29,34)(H,30,31,32). The maximum atomic E-state index is 12.6. The molecule has 0 atom stereocenters. The second-order valence-corrected chi connectivity index (χ2v) is 8.88. The van der Waals surface area contributed by atoms with Gasteiger partial charge in [0, 0.05) is 37.1 Å². The number of alkyl halides is 3. The van der Waals surface area contributed by atoms with E-state index < -0.39 is 6.36 Å². The van der Waals surface area contributed by atoms with Crippen LogP contribution in [0.1, 0.15) is 31.2 Å². The number of anilines is 2. The Labute approximate surface area is 201 Å². The molecule has 0 aliphatic heterocycles. The van der Waals surface area contributed by atoms with Crippen LogP contribution in [0, 0.1) is 0 Å². The summed E-state index contributed by atoms with van der Waals surface area (Å²) in [6, 6.07) is 13.7. The average molecular weight is 488 g/mol. The third-order valence-corrected chi connectivity index (χ3v) is 5.98. The molecular weight excluding hydrogens is 459 g/mol. The number of hydrogen-bond donors (Lipinski definition) is 2. The molecule has 1 fully saturated rings. The fourth-order valence-electron chi connectivity index (χ4n) is 4.36. The van der Waals surface area contributed by atoms with E-state index in [9.17, 15) is 18.0 Å². The Kier molecular flexibility index (Phi) is 7.28. The van der Waals surface area contributed by atoms with E-state index in [1.54, 1.807) is 6.07 Å². The lowest BCUT2D eigenvalue weighted by molar-refractivity contribution is -0.274. The van der Waals surface area contributed by atoms with Crippen LogP contribution in [-0.2, 0) is 11.2 Å². The number of amides is 1. The fraction of sp³-hybridized carbons (Fsp3) is 0.400.